The number of hydrogen-bond acceptors (Lipinski definition) is 2. The summed E-state index contributed by atoms with van der Waals surface area (Å²) in [6.45, 7) is 9.93. The molecule has 114 valence electrons. The topological polar surface area (TPSA) is 37.3 Å². The summed E-state index contributed by atoms with van der Waals surface area (Å²) >= 11 is 0. The Morgan fingerprint density at radius 2 is 2.15 bits per heavy atom. The van der Waals surface area contributed by atoms with Gasteiger partial charge in [0.1, 0.15) is 0 Å². The molecule has 2 rings (SSSR count). The molecule has 0 aliphatic carbocycles. The molecule has 1 fully saturated rings. The molecule has 1 aliphatic rings. The van der Waals surface area contributed by atoms with Crippen LogP contribution in [0.5, 0.6) is 0 Å². The highest BCUT2D eigenvalue weighted by Gasteiger charge is 2.28. The zero-order valence-corrected chi connectivity index (χ0v) is 13.7. The maximum Gasteiger partial charge on any atom is 0.255 e. The molecule has 2 heterocycles. The van der Waals surface area contributed by atoms with Crippen LogP contribution in [0.4, 0.5) is 0 Å². The number of carbonyl (C=O) groups is 1. The number of amides is 1. The van der Waals surface area contributed by atoms with E-state index in [1.54, 1.807) is 0 Å². The Bertz CT molecular complexity index is 470. The summed E-state index contributed by atoms with van der Waals surface area (Å²) in [6.07, 6.45) is 1.11. The van der Waals surface area contributed by atoms with Crippen LogP contribution in [0.3, 0.4) is 0 Å². The third kappa shape index (κ3) is 3.18. The molecule has 0 radical (unpaired) electrons. The van der Waals surface area contributed by atoms with E-state index in [0.29, 0.717) is 5.92 Å². The maximum atomic E-state index is 12.6. The number of halogens is 1. The normalized spacial score (nSPS) is 18.2. The molecule has 1 saturated heterocycles. The van der Waals surface area contributed by atoms with E-state index in [-0.39, 0.29) is 18.3 Å². The van der Waals surface area contributed by atoms with Gasteiger partial charge in [0.15, 0.2) is 0 Å². The molecular weight excluding hydrogens is 274 g/mol. The minimum Gasteiger partial charge on any atom is -0.349 e. The van der Waals surface area contributed by atoms with Crippen LogP contribution in [0.2, 0.25) is 0 Å². The summed E-state index contributed by atoms with van der Waals surface area (Å²) in [7, 11) is 1.97. The van der Waals surface area contributed by atoms with Gasteiger partial charge in [0, 0.05) is 31.0 Å². The summed E-state index contributed by atoms with van der Waals surface area (Å²) in [5.74, 6) is 0.801. The summed E-state index contributed by atoms with van der Waals surface area (Å²) in [4.78, 5) is 14.6. The average Bonchev–Trinajstić information content (AvgIpc) is 2.94. The molecule has 20 heavy (non-hydrogen) atoms. The number of nitrogens with one attached hydrogen (secondary N) is 1. The van der Waals surface area contributed by atoms with Crippen LogP contribution >= 0.6 is 12.4 Å². The molecule has 1 aromatic heterocycles. The lowest BCUT2D eigenvalue weighted by molar-refractivity contribution is 0.0786. The molecule has 1 aliphatic heterocycles. The van der Waals surface area contributed by atoms with Crippen LogP contribution in [0, 0.1) is 19.8 Å². The van der Waals surface area contributed by atoms with Crippen LogP contribution in [0.25, 0.3) is 0 Å². The molecule has 1 aromatic rings. The van der Waals surface area contributed by atoms with Crippen molar-refractivity contribution in [3.63, 3.8) is 0 Å². The number of aromatic nitrogens is 1. The predicted octanol–water partition coefficient (Wildman–Crippen LogP) is 2.23. The van der Waals surface area contributed by atoms with Crippen molar-refractivity contribution < 1.29 is 4.79 Å². The van der Waals surface area contributed by atoms with Gasteiger partial charge in [-0.3, -0.25) is 4.79 Å². The van der Waals surface area contributed by atoms with E-state index in [2.05, 4.69) is 23.7 Å². The van der Waals surface area contributed by atoms with Gasteiger partial charge in [-0.15, -0.1) is 12.4 Å². The monoisotopic (exact) mass is 299 g/mol. The fourth-order valence-electron chi connectivity index (χ4n) is 3.15. The van der Waals surface area contributed by atoms with E-state index in [1.807, 2.05) is 24.9 Å². The van der Waals surface area contributed by atoms with E-state index >= 15 is 0 Å². The van der Waals surface area contributed by atoms with E-state index in [4.69, 9.17) is 0 Å². The molecule has 1 amide bonds. The lowest BCUT2D eigenvalue weighted by Crippen LogP contribution is -2.30. The van der Waals surface area contributed by atoms with Crippen molar-refractivity contribution in [1.29, 1.82) is 0 Å². The minimum atomic E-state index is 0. The van der Waals surface area contributed by atoms with Gasteiger partial charge in [-0.05, 0) is 52.8 Å². The Kier molecular flexibility index (Phi) is 6.08. The fraction of sp³-hybridized carbons (Fsp3) is 0.667. The Balaban J connectivity index is 0.00000200. The molecule has 0 bridgehead atoms. The maximum absolute atomic E-state index is 12.6. The first kappa shape index (κ1) is 17.1. The van der Waals surface area contributed by atoms with Crippen molar-refractivity contribution in [1.82, 2.24) is 14.8 Å². The van der Waals surface area contributed by atoms with Crippen LogP contribution in [-0.2, 0) is 6.54 Å². The molecule has 5 heteroatoms. The number of nitrogens with zero attached hydrogens (tertiary/aromatic N) is 2. The largest absolute Gasteiger partial charge is 0.349 e. The SMILES string of the molecule is CCn1c(C)cc(C(=O)N2CCC(CNC)C2)c1C.Cl. The van der Waals surface area contributed by atoms with Crippen LogP contribution in [0.15, 0.2) is 6.07 Å². The highest BCUT2D eigenvalue weighted by molar-refractivity contribution is 5.95. The minimum absolute atomic E-state index is 0. The Labute approximate surface area is 127 Å². The van der Waals surface area contributed by atoms with Crippen molar-refractivity contribution in [2.45, 2.75) is 33.7 Å². The van der Waals surface area contributed by atoms with Gasteiger partial charge in [-0.1, -0.05) is 0 Å². The van der Waals surface area contributed by atoms with E-state index in [9.17, 15) is 4.79 Å². The second kappa shape index (κ2) is 7.14. The van der Waals surface area contributed by atoms with Crippen LogP contribution < -0.4 is 5.32 Å². The van der Waals surface area contributed by atoms with Gasteiger partial charge in [0.2, 0.25) is 0 Å². The zero-order chi connectivity index (χ0) is 14.0. The van der Waals surface area contributed by atoms with Crippen molar-refractivity contribution in [3.05, 3.63) is 23.0 Å². The fourth-order valence-corrected chi connectivity index (χ4v) is 3.15. The first-order valence-electron chi connectivity index (χ1n) is 7.19. The number of aryl methyl sites for hydroxylation is 1. The van der Waals surface area contributed by atoms with Gasteiger partial charge in [-0.2, -0.15) is 0 Å². The first-order chi connectivity index (χ1) is 9.08. The van der Waals surface area contributed by atoms with Crippen molar-refractivity contribution in [2.75, 3.05) is 26.7 Å². The number of rotatable bonds is 4. The number of hydrogen-bond donors (Lipinski definition) is 1. The van der Waals surface area contributed by atoms with Crippen molar-refractivity contribution >= 4 is 18.3 Å². The molecule has 1 atom stereocenters. The smallest absolute Gasteiger partial charge is 0.255 e. The quantitative estimate of drug-likeness (QED) is 0.926. The highest BCUT2D eigenvalue weighted by Crippen LogP contribution is 2.22. The van der Waals surface area contributed by atoms with E-state index in [1.165, 1.54) is 5.69 Å². The standard InChI is InChI=1S/C15H25N3O.ClH/c1-5-18-11(2)8-14(12(18)3)15(19)17-7-6-13(10-17)9-16-4;/h8,13,16H,5-7,9-10H2,1-4H3;1H. The number of likely N-dealkylation sites (tertiary alicyclic amines) is 1. The Morgan fingerprint density at radius 1 is 1.45 bits per heavy atom. The van der Waals surface area contributed by atoms with Gasteiger partial charge in [0.05, 0.1) is 5.56 Å². The van der Waals surface area contributed by atoms with Crippen molar-refractivity contribution in [3.8, 4) is 0 Å². The molecule has 0 aromatic carbocycles. The summed E-state index contributed by atoms with van der Waals surface area (Å²) < 4.78 is 2.20. The average molecular weight is 300 g/mol. The van der Waals surface area contributed by atoms with Gasteiger partial charge < -0.3 is 14.8 Å². The Hall–Kier alpha value is -1.00. The Morgan fingerprint density at radius 3 is 2.70 bits per heavy atom. The molecule has 0 saturated carbocycles. The van der Waals surface area contributed by atoms with Gasteiger partial charge >= 0.3 is 0 Å². The van der Waals surface area contributed by atoms with E-state index in [0.717, 1.165) is 43.9 Å². The zero-order valence-electron chi connectivity index (χ0n) is 12.9. The first-order valence-corrected chi connectivity index (χ1v) is 7.19. The number of carbonyl (C=O) groups excluding carboxylic acids is 1. The van der Waals surface area contributed by atoms with E-state index < -0.39 is 0 Å². The summed E-state index contributed by atoms with van der Waals surface area (Å²) in [5, 5.41) is 3.20. The predicted molar refractivity (Wildman–Crippen MR) is 84.8 cm³/mol. The molecule has 1 unspecified atom stereocenters. The summed E-state index contributed by atoms with van der Waals surface area (Å²) in [6, 6.07) is 2.03. The molecule has 1 N–H and O–H groups in total. The third-order valence-electron chi connectivity index (χ3n) is 4.19. The lowest BCUT2D eigenvalue weighted by atomic mass is 10.1. The second-order valence-corrected chi connectivity index (χ2v) is 5.49. The van der Waals surface area contributed by atoms with Crippen molar-refractivity contribution in [2.24, 2.45) is 5.92 Å². The molecular formula is C15H26ClN3O. The third-order valence-corrected chi connectivity index (χ3v) is 4.19. The second-order valence-electron chi connectivity index (χ2n) is 5.49. The molecule has 4 nitrogen and oxygen atoms in total. The van der Waals surface area contributed by atoms with Gasteiger partial charge in [-0.25, -0.2) is 0 Å². The van der Waals surface area contributed by atoms with Crippen LogP contribution in [-0.4, -0.2) is 42.1 Å². The van der Waals surface area contributed by atoms with Crippen LogP contribution in [0.1, 0.15) is 35.1 Å². The lowest BCUT2D eigenvalue weighted by Gasteiger charge is -2.16. The molecule has 0 spiro atoms. The summed E-state index contributed by atoms with van der Waals surface area (Å²) in [5.41, 5.74) is 3.15. The van der Waals surface area contributed by atoms with Gasteiger partial charge in [0.25, 0.3) is 5.91 Å². The highest BCUT2D eigenvalue weighted by atomic mass is 35.5.